The average Bonchev–Trinajstić information content (AvgIpc) is 2.80. The molecule has 0 saturated carbocycles. The van der Waals surface area contributed by atoms with Crippen molar-refractivity contribution in [1.29, 1.82) is 5.26 Å². The maximum absolute atomic E-state index is 12.3. The van der Waals surface area contributed by atoms with Gasteiger partial charge in [0.1, 0.15) is 0 Å². The highest BCUT2D eigenvalue weighted by Crippen LogP contribution is 2.35. The van der Waals surface area contributed by atoms with E-state index >= 15 is 0 Å². The van der Waals surface area contributed by atoms with E-state index in [-0.39, 0.29) is 11.3 Å². The van der Waals surface area contributed by atoms with Crippen LogP contribution in [0.1, 0.15) is 31.9 Å². The molecule has 1 aliphatic rings. The summed E-state index contributed by atoms with van der Waals surface area (Å²) in [7, 11) is 0. The van der Waals surface area contributed by atoms with E-state index in [2.05, 4.69) is 31.8 Å². The van der Waals surface area contributed by atoms with Crippen molar-refractivity contribution in [3.05, 3.63) is 47.8 Å². The van der Waals surface area contributed by atoms with Crippen molar-refractivity contribution in [2.45, 2.75) is 27.2 Å². The number of carbonyl (C=O) groups is 1. The number of anilines is 1. The van der Waals surface area contributed by atoms with Gasteiger partial charge in [-0.15, -0.1) is 0 Å². The number of amides is 1. The normalized spacial score (nSPS) is 13.8. The first kappa shape index (κ1) is 15.2. The minimum Gasteiger partial charge on any atom is -0.311 e. The van der Waals surface area contributed by atoms with Gasteiger partial charge >= 0.3 is 0 Å². The van der Waals surface area contributed by atoms with E-state index in [9.17, 15) is 10.1 Å². The SMILES string of the molecule is CC(C)(C)CN1C(=O)Cc2cc(-c3cnccc3C#N)ccc21. The molecule has 0 bridgehead atoms. The molecule has 1 aromatic heterocycles. The van der Waals surface area contributed by atoms with Crippen LogP contribution in [0.25, 0.3) is 11.1 Å². The first-order valence-electron chi connectivity index (χ1n) is 7.67. The summed E-state index contributed by atoms with van der Waals surface area (Å²) < 4.78 is 0. The van der Waals surface area contributed by atoms with E-state index in [0.29, 0.717) is 18.5 Å². The third-order valence-electron chi connectivity index (χ3n) is 3.90. The fourth-order valence-electron chi connectivity index (χ4n) is 2.92. The Morgan fingerprint density at radius 3 is 2.78 bits per heavy atom. The van der Waals surface area contributed by atoms with Crippen LogP contribution >= 0.6 is 0 Å². The molecule has 1 aromatic carbocycles. The van der Waals surface area contributed by atoms with Crippen LogP contribution in [0.2, 0.25) is 0 Å². The van der Waals surface area contributed by atoms with E-state index in [1.54, 1.807) is 18.5 Å². The van der Waals surface area contributed by atoms with E-state index in [1.807, 2.05) is 23.1 Å². The molecule has 0 unspecified atom stereocenters. The molecular weight excluding hydrogens is 286 g/mol. The van der Waals surface area contributed by atoms with Gasteiger partial charge in [-0.2, -0.15) is 5.26 Å². The number of nitriles is 1. The molecule has 116 valence electrons. The second kappa shape index (κ2) is 5.51. The lowest BCUT2D eigenvalue weighted by molar-refractivity contribution is -0.117. The molecule has 2 heterocycles. The highest BCUT2D eigenvalue weighted by atomic mass is 16.2. The first-order chi connectivity index (χ1) is 10.9. The Bertz CT molecular complexity index is 812. The Morgan fingerprint density at radius 2 is 2.09 bits per heavy atom. The number of carbonyl (C=O) groups excluding carboxylic acids is 1. The van der Waals surface area contributed by atoms with E-state index < -0.39 is 0 Å². The van der Waals surface area contributed by atoms with Gasteiger partial charge in [-0.05, 0) is 34.7 Å². The van der Waals surface area contributed by atoms with E-state index in [1.165, 1.54) is 0 Å². The van der Waals surface area contributed by atoms with Crippen molar-refractivity contribution in [2.24, 2.45) is 5.41 Å². The van der Waals surface area contributed by atoms with Crippen LogP contribution in [0.4, 0.5) is 5.69 Å². The van der Waals surface area contributed by atoms with Gasteiger partial charge in [-0.1, -0.05) is 26.8 Å². The standard InChI is InChI=1S/C19H19N3O/c1-19(2,3)12-22-17-5-4-13(8-15(17)9-18(22)23)16-11-21-7-6-14(16)10-20/h4-8,11H,9,12H2,1-3H3. The van der Waals surface area contributed by atoms with Crippen LogP contribution in [0, 0.1) is 16.7 Å². The molecule has 1 aliphatic heterocycles. The highest BCUT2D eigenvalue weighted by molar-refractivity contribution is 6.02. The van der Waals surface area contributed by atoms with Crippen LogP contribution in [0.15, 0.2) is 36.7 Å². The zero-order valence-electron chi connectivity index (χ0n) is 13.6. The number of benzene rings is 1. The van der Waals surface area contributed by atoms with Gasteiger partial charge < -0.3 is 4.90 Å². The maximum Gasteiger partial charge on any atom is 0.231 e. The van der Waals surface area contributed by atoms with Gasteiger partial charge in [0.25, 0.3) is 0 Å². The Balaban J connectivity index is 2.01. The number of fused-ring (bicyclic) bond motifs is 1. The van der Waals surface area contributed by atoms with Crippen molar-refractivity contribution in [2.75, 3.05) is 11.4 Å². The summed E-state index contributed by atoms with van der Waals surface area (Å²) in [6.45, 7) is 7.08. The Labute approximate surface area is 136 Å². The minimum atomic E-state index is 0.0489. The molecule has 0 spiro atoms. The molecule has 1 amide bonds. The molecule has 0 atom stereocenters. The summed E-state index contributed by atoms with van der Waals surface area (Å²) in [5.74, 6) is 0.138. The fourth-order valence-corrected chi connectivity index (χ4v) is 2.92. The lowest BCUT2D eigenvalue weighted by Gasteiger charge is -2.27. The van der Waals surface area contributed by atoms with Crippen molar-refractivity contribution in [1.82, 2.24) is 4.98 Å². The predicted molar refractivity (Wildman–Crippen MR) is 89.9 cm³/mol. The fraction of sp³-hybridized carbons (Fsp3) is 0.316. The lowest BCUT2D eigenvalue weighted by atomic mass is 9.96. The molecule has 4 heteroatoms. The molecule has 3 rings (SSSR count). The van der Waals surface area contributed by atoms with Gasteiger partial charge in [-0.3, -0.25) is 9.78 Å². The van der Waals surface area contributed by atoms with Crippen LogP contribution in [-0.4, -0.2) is 17.4 Å². The maximum atomic E-state index is 12.3. The second-order valence-electron chi connectivity index (χ2n) is 7.09. The zero-order chi connectivity index (χ0) is 16.6. The molecule has 0 aliphatic carbocycles. The number of aromatic nitrogens is 1. The number of hydrogen-bond donors (Lipinski definition) is 0. The topological polar surface area (TPSA) is 57.0 Å². The van der Waals surface area contributed by atoms with Gasteiger partial charge in [0, 0.05) is 30.2 Å². The average molecular weight is 305 g/mol. The van der Waals surface area contributed by atoms with Crippen LogP contribution in [0.5, 0.6) is 0 Å². The molecular formula is C19H19N3O. The Morgan fingerprint density at radius 1 is 1.30 bits per heavy atom. The third-order valence-corrected chi connectivity index (χ3v) is 3.90. The van der Waals surface area contributed by atoms with Gasteiger partial charge in [0.2, 0.25) is 5.91 Å². The summed E-state index contributed by atoms with van der Waals surface area (Å²) in [6.07, 6.45) is 3.73. The Hall–Kier alpha value is -2.67. The Kier molecular flexibility index (Phi) is 3.65. The smallest absolute Gasteiger partial charge is 0.231 e. The quantitative estimate of drug-likeness (QED) is 0.852. The van der Waals surface area contributed by atoms with Crippen molar-refractivity contribution in [3.8, 4) is 17.2 Å². The minimum absolute atomic E-state index is 0.0489. The molecule has 4 nitrogen and oxygen atoms in total. The van der Waals surface area contributed by atoms with Crippen molar-refractivity contribution in [3.63, 3.8) is 0 Å². The molecule has 0 N–H and O–H groups in total. The third kappa shape index (κ3) is 2.95. The number of hydrogen-bond acceptors (Lipinski definition) is 3. The highest BCUT2D eigenvalue weighted by Gasteiger charge is 2.30. The first-order valence-corrected chi connectivity index (χ1v) is 7.67. The summed E-state index contributed by atoms with van der Waals surface area (Å²) >= 11 is 0. The molecule has 0 radical (unpaired) electrons. The predicted octanol–water partition coefficient (Wildman–Crippen LogP) is 3.56. The number of nitrogens with zero attached hydrogens (tertiary/aromatic N) is 3. The number of pyridine rings is 1. The van der Waals surface area contributed by atoms with Crippen LogP contribution in [-0.2, 0) is 11.2 Å². The van der Waals surface area contributed by atoms with Crippen molar-refractivity contribution >= 4 is 11.6 Å². The van der Waals surface area contributed by atoms with Gasteiger partial charge in [0.15, 0.2) is 0 Å². The van der Waals surface area contributed by atoms with Gasteiger partial charge in [-0.25, -0.2) is 0 Å². The summed E-state index contributed by atoms with van der Waals surface area (Å²) in [6, 6.07) is 9.85. The summed E-state index contributed by atoms with van der Waals surface area (Å²) in [5, 5.41) is 9.24. The monoisotopic (exact) mass is 305 g/mol. The molecule has 0 saturated heterocycles. The van der Waals surface area contributed by atoms with E-state index in [4.69, 9.17) is 0 Å². The van der Waals surface area contributed by atoms with Gasteiger partial charge in [0.05, 0.1) is 18.1 Å². The summed E-state index contributed by atoms with van der Waals surface area (Å²) in [4.78, 5) is 18.3. The number of rotatable bonds is 2. The van der Waals surface area contributed by atoms with E-state index in [0.717, 1.165) is 22.4 Å². The van der Waals surface area contributed by atoms with Crippen LogP contribution in [0.3, 0.4) is 0 Å². The largest absolute Gasteiger partial charge is 0.311 e. The molecule has 23 heavy (non-hydrogen) atoms. The van der Waals surface area contributed by atoms with Crippen molar-refractivity contribution < 1.29 is 4.79 Å². The van der Waals surface area contributed by atoms with Crippen LogP contribution < -0.4 is 4.90 Å². The lowest BCUT2D eigenvalue weighted by Crippen LogP contribution is -2.35. The molecule has 0 fully saturated rings. The summed E-state index contributed by atoms with van der Waals surface area (Å²) in [5.41, 5.74) is 4.38. The molecule has 2 aromatic rings. The second-order valence-corrected chi connectivity index (χ2v) is 7.09. The zero-order valence-corrected chi connectivity index (χ0v) is 13.6.